The standard InChI is InChI=1S/C17H19NO4S/c1-3-13-7-9-15(10-8-13)22-12-17(19)18-14-5-4-6-16(11-14)23(2,20)21/h4-11H,3,12H2,1-2H3,(H,18,19). The van der Waals surface area contributed by atoms with Crippen LogP contribution in [0.1, 0.15) is 12.5 Å². The molecule has 0 aromatic heterocycles. The highest BCUT2D eigenvalue weighted by Crippen LogP contribution is 2.16. The molecule has 2 rings (SSSR count). The van der Waals surface area contributed by atoms with Crippen molar-refractivity contribution in [2.45, 2.75) is 18.2 Å². The van der Waals surface area contributed by atoms with Crippen LogP contribution in [0.4, 0.5) is 5.69 Å². The van der Waals surface area contributed by atoms with E-state index in [0.29, 0.717) is 11.4 Å². The lowest BCUT2D eigenvalue weighted by molar-refractivity contribution is -0.118. The summed E-state index contributed by atoms with van der Waals surface area (Å²) in [6.07, 6.45) is 2.06. The zero-order valence-electron chi connectivity index (χ0n) is 13.1. The van der Waals surface area contributed by atoms with Crippen LogP contribution in [0.15, 0.2) is 53.4 Å². The Morgan fingerprint density at radius 1 is 1.13 bits per heavy atom. The number of carbonyl (C=O) groups excluding carboxylic acids is 1. The van der Waals surface area contributed by atoms with Crippen molar-refractivity contribution in [3.63, 3.8) is 0 Å². The molecule has 2 aromatic rings. The maximum absolute atomic E-state index is 11.9. The maximum atomic E-state index is 11.9. The molecule has 0 radical (unpaired) electrons. The van der Waals surface area contributed by atoms with Crippen LogP contribution in [-0.2, 0) is 21.1 Å². The lowest BCUT2D eigenvalue weighted by Gasteiger charge is -2.09. The Labute approximate surface area is 136 Å². The van der Waals surface area contributed by atoms with Crippen LogP contribution in [0.5, 0.6) is 5.75 Å². The first kappa shape index (κ1) is 17.0. The van der Waals surface area contributed by atoms with Gasteiger partial charge in [-0.25, -0.2) is 8.42 Å². The summed E-state index contributed by atoms with van der Waals surface area (Å²) >= 11 is 0. The third-order valence-corrected chi connectivity index (χ3v) is 4.36. The molecule has 122 valence electrons. The normalized spacial score (nSPS) is 11.0. The Kier molecular flexibility index (Phi) is 5.39. The van der Waals surface area contributed by atoms with Gasteiger partial charge in [-0.15, -0.1) is 0 Å². The van der Waals surface area contributed by atoms with Crippen molar-refractivity contribution in [2.24, 2.45) is 0 Å². The van der Waals surface area contributed by atoms with E-state index in [-0.39, 0.29) is 17.4 Å². The lowest BCUT2D eigenvalue weighted by atomic mass is 10.2. The molecule has 0 saturated heterocycles. The maximum Gasteiger partial charge on any atom is 0.262 e. The van der Waals surface area contributed by atoms with Gasteiger partial charge in [-0.05, 0) is 42.3 Å². The zero-order valence-corrected chi connectivity index (χ0v) is 13.9. The SMILES string of the molecule is CCc1ccc(OCC(=O)Nc2cccc(S(C)(=O)=O)c2)cc1. The molecule has 0 saturated carbocycles. The lowest BCUT2D eigenvalue weighted by Crippen LogP contribution is -2.20. The number of hydrogen-bond donors (Lipinski definition) is 1. The first-order valence-electron chi connectivity index (χ1n) is 7.20. The molecule has 5 nitrogen and oxygen atoms in total. The van der Waals surface area contributed by atoms with Gasteiger partial charge in [0.1, 0.15) is 5.75 Å². The summed E-state index contributed by atoms with van der Waals surface area (Å²) in [5.74, 6) is 0.262. The largest absolute Gasteiger partial charge is 0.484 e. The Balaban J connectivity index is 1.94. The van der Waals surface area contributed by atoms with Gasteiger partial charge in [0.15, 0.2) is 16.4 Å². The minimum atomic E-state index is -3.31. The second-order valence-electron chi connectivity index (χ2n) is 5.13. The average Bonchev–Trinajstić information content (AvgIpc) is 2.53. The molecule has 6 heteroatoms. The average molecular weight is 333 g/mol. The van der Waals surface area contributed by atoms with Crippen LogP contribution in [0, 0.1) is 0 Å². The fourth-order valence-electron chi connectivity index (χ4n) is 1.97. The van der Waals surface area contributed by atoms with Gasteiger partial charge in [0.2, 0.25) is 0 Å². The van der Waals surface area contributed by atoms with Crippen molar-refractivity contribution >= 4 is 21.4 Å². The highest BCUT2D eigenvalue weighted by molar-refractivity contribution is 7.90. The van der Waals surface area contributed by atoms with E-state index in [0.717, 1.165) is 12.7 Å². The molecule has 0 unspecified atom stereocenters. The highest BCUT2D eigenvalue weighted by Gasteiger charge is 2.09. The summed E-state index contributed by atoms with van der Waals surface area (Å²) in [5.41, 5.74) is 1.61. The van der Waals surface area contributed by atoms with Gasteiger partial charge in [-0.1, -0.05) is 25.1 Å². The van der Waals surface area contributed by atoms with E-state index < -0.39 is 9.84 Å². The Morgan fingerprint density at radius 3 is 2.43 bits per heavy atom. The number of carbonyl (C=O) groups is 1. The quantitative estimate of drug-likeness (QED) is 0.882. The third-order valence-electron chi connectivity index (χ3n) is 3.25. The molecule has 0 bridgehead atoms. The van der Waals surface area contributed by atoms with Crippen molar-refractivity contribution in [3.05, 3.63) is 54.1 Å². The minimum Gasteiger partial charge on any atom is -0.484 e. The number of amides is 1. The number of sulfone groups is 1. The fraction of sp³-hybridized carbons (Fsp3) is 0.235. The van der Waals surface area contributed by atoms with E-state index in [2.05, 4.69) is 12.2 Å². The minimum absolute atomic E-state index is 0.144. The van der Waals surface area contributed by atoms with Crippen LogP contribution >= 0.6 is 0 Å². The van der Waals surface area contributed by atoms with E-state index in [9.17, 15) is 13.2 Å². The molecule has 0 aliphatic rings. The van der Waals surface area contributed by atoms with Crippen molar-refractivity contribution in [1.82, 2.24) is 0 Å². The second kappa shape index (κ2) is 7.28. The van der Waals surface area contributed by atoms with Crippen molar-refractivity contribution in [1.29, 1.82) is 0 Å². The highest BCUT2D eigenvalue weighted by atomic mass is 32.2. The molecule has 1 amide bonds. The van der Waals surface area contributed by atoms with E-state index in [1.54, 1.807) is 12.1 Å². The number of benzene rings is 2. The fourth-order valence-corrected chi connectivity index (χ4v) is 2.64. The Hall–Kier alpha value is -2.34. The van der Waals surface area contributed by atoms with Gasteiger partial charge < -0.3 is 10.1 Å². The van der Waals surface area contributed by atoms with Crippen LogP contribution in [0.25, 0.3) is 0 Å². The molecule has 0 aliphatic carbocycles. The number of ether oxygens (including phenoxy) is 1. The number of rotatable bonds is 6. The van der Waals surface area contributed by atoms with Crippen LogP contribution in [0.3, 0.4) is 0 Å². The molecule has 0 fully saturated rings. The molecule has 0 atom stereocenters. The molecule has 1 N–H and O–H groups in total. The number of nitrogens with one attached hydrogen (secondary N) is 1. The van der Waals surface area contributed by atoms with Gasteiger partial charge in [-0.3, -0.25) is 4.79 Å². The molecular weight excluding hydrogens is 314 g/mol. The van der Waals surface area contributed by atoms with Gasteiger partial charge in [0.05, 0.1) is 4.90 Å². The van der Waals surface area contributed by atoms with Crippen molar-refractivity contribution < 1.29 is 17.9 Å². The van der Waals surface area contributed by atoms with Crippen molar-refractivity contribution in [3.8, 4) is 5.75 Å². The summed E-state index contributed by atoms with van der Waals surface area (Å²) < 4.78 is 28.4. The monoisotopic (exact) mass is 333 g/mol. The third kappa shape index (κ3) is 5.10. The van der Waals surface area contributed by atoms with Gasteiger partial charge in [0, 0.05) is 11.9 Å². The number of anilines is 1. The van der Waals surface area contributed by atoms with E-state index in [4.69, 9.17) is 4.74 Å². The van der Waals surface area contributed by atoms with Crippen LogP contribution < -0.4 is 10.1 Å². The summed E-state index contributed by atoms with van der Waals surface area (Å²) in [6.45, 7) is 1.92. The van der Waals surface area contributed by atoms with E-state index in [1.165, 1.54) is 17.7 Å². The Bertz CT molecular complexity index is 782. The predicted molar refractivity (Wildman–Crippen MR) is 89.5 cm³/mol. The molecule has 23 heavy (non-hydrogen) atoms. The van der Waals surface area contributed by atoms with E-state index >= 15 is 0 Å². The van der Waals surface area contributed by atoms with Crippen LogP contribution in [-0.4, -0.2) is 27.2 Å². The molecule has 0 heterocycles. The predicted octanol–water partition coefficient (Wildman–Crippen LogP) is 2.67. The van der Waals surface area contributed by atoms with Crippen LogP contribution in [0.2, 0.25) is 0 Å². The number of hydrogen-bond acceptors (Lipinski definition) is 4. The number of aryl methyl sites for hydroxylation is 1. The van der Waals surface area contributed by atoms with Gasteiger partial charge in [-0.2, -0.15) is 0 Å². The molecule has 2 aromatic carbocycles. The van der Waals surface area contributed by atoms with Gasteiger partial charge >= 0.3 is 0 Å². The van der Waals surface area contributed by atoms with Crippen molar-refractivity contribution in [2.75, 3.05) is 18.2 Å². The first-order chi connectivity index (χ1) is 10.9. The molecular formula is C17H19NO4S. The first-order valence-corrected chi connectivity index (χ1v) is 9.09. The Morgan fingerprint density at radius 2 is 1.83 bits per heavy atom. The smallest absolute Gasteiger partial charge is 0.262 e. The molecule has 0 spiro atoms. The topological polar surface area (TPSA) is 72.5 Å². The van der Waals surface area contributed by atoms with Gasteiger partial charge in [0.25, 0.3) is 5.91 Å². The summed E-state index contributed by atoms with van der Waals surface area (Å²) in [6, 6.07) is 13.6. The summed E-state index contributed by atoms with van der Waals surface area (Å²) in [5, 5.41) is 2.62. The zero-order chi connectivity index (χ0) is 16.9. The van der Waals surface area contributed by atoms with E-state index in [1.807, 2.05) is 24.3 Å². The second-order valence-corrected chi connectivity index (χ2v) is 7.15. The summed E-state index contributed by atoms with van der Waals surface area (Å²) in [4.78, 5) is 12.0. The summed E-state index contributed by atoms with van der Waals surface area (Å²) in [7, 11) is -3.31. The molecule has 0 aliphatic heterocycles.